The number of nitrogens with zero attached hydrogens (tertiary/aromatic N) is 4. The number of carbonyl (C=O) groups excluding carboxylic acids is 1. The summed E-state index contributed by atoms with van der Waals surface area (Å²) in [5.74, 6) is -0.209. The Morgan fingerprint density at radius 3 is 2.36 bits per heavy atom. The molecule has 0 spiro atoms. The smallest absolute Gasteiger partial charge is 0.294 e. The van der Waals surface area contributed by atoms with Crippen molar-refractivity contribution in [3.05, 3.63) is 63.7 Å². The minimum Gasteiger partial charge on any atom is -0.362 e. The molecule has 1 amide bonds. The highest BCUT2D eigenvalue weighted by Crippen LogP contribution is 2.32. The van der Waals surface area contributed by atoms with Crippen LogP contribution in [0.2, 0.25) is 5.02 Å². The first-order valence-electron chi connectivity index (χ1n) is 10.8. The minimum absolute atomic E-state index is 0.0744. The maximum absolute atomic E-state index is 13.4. The SMILES string of the molecule is O=C(C1CCCCN1S(=O)(=O)c1ccccc1)N1CCN(c2ccc(Cl)cc2[N+](=O)[O-])CC1. The minimum atomic E-state index is -3.78. The number of benzene rings is 2. The largest absolute Gasteiger partial charge is 0.362 e. The van der Waals surface area contributed by atoms with Gasteiger partial charge in [0.1, 0.15) is 11.7 Å². The normalized spacial score (nSPS) is 20.0. The molecule has 2 aromatic carbocycles. The number of rotatable bonds is 5. The van der Waals surface area contributed by atoms with E-state index in [1.165, 1.54) is 10.4 Å². The fraction of sp³-hybridized carbons (Fsp3) is 0.409. The first-order valence-corrected chi connectivity index (χ1v) is 12.7. The van der Waals surface area contributed by atoms with Crippen LogP contribution in [0.25, 0.3) is 0 Å². The van der Waals surface area contributed by atoms with E-state index in [1.54, 1.807) is 47.4 Å². The molecule has 2 aliphatic heterocycles. The van der Waals surface area contributed by atoms with E-state index < -0.39 is 21.0 Å². The average molecular weight is 493 g/mol. The lowest BCUT2D eigenvalue weighted by Crippen LogP contribution is -2.57. The van der Waals surface area contributed by atoms with E-state index in [-0.39, 0.29) is 21.5 Å². The van der Waals surface area contributed by atoms with Crippen molar-refractivity contribution >= 4 is 38.9 Å². The Kier molecular flexibility index (Phi) is 6.87. The highest BCUT2D eigenvalue weighted by atomic mass is 35.5. The molecule has 0 aromatic heterocycles. The number of sulfonamides is 1. The molecule has 9 nitrogen and oxygen atoms in total. The Balaban J connectivity index is 1.48. The first kappa shape index (κ1) is 23.5. The second kappa shape index (κ2) is 9.66. The fourth-order valence-electron chi connectivity index (χ4n) is 4.46. The van der Waals surface area contributed by atoms with Crippen molar-refractivity contribution in [2.75, 3.05) is 37.6 Å². The van der Waals surface area contributed by atoms with Crippen molar-refractivity contribution in [3.63, 3.8) is 0 Å². The average Bonchev–Trinajstić information content (AvgIpc) is 2.84. The Bertz CT molecular complexity index is 1140. The van der Waals surface area contributed by atoms with Crippen molar-refractivity contribution in [2.45, 2.75) is 30.2 Å². The van der Waals surface area contributed by atoms with Crippen LogP contribution in [0.5, 0.6) is 0 Å². The summed E-state index contributed by atoms with van der Waals surface area (Å²) in [6.07, 6.45) is 1.98. The number of carbonyl (C=O) groups is 1. The lowest BCUT2D eigenvalue weighted by molar-refractivity contribution is -0.384. The van der Waals surface area contributed by atoms with Crippen molar-refractivity contribution in [1.29, 1.82) is 0 Å². The van der Waals surface area contributed by atoms with Crippen LogP contribution in [0, 0.1) is 10.1 Å². The molecule has 11 heteroatoms. The molecule has 176 valence electrons. The number of piperidine rings is 1. The van der Waals surface area contributed by atoms with Crippen molar-refractivity contribution in [1.82, 2.24) is 9.21 Å². The molecule has 1 atom stereocenters. The molecule has 4 rings (SSSR count). The zero-order chi connectivity index (χ0) is 23.6. The third-order valence-corrected chi connectivity index (χ3v) is 8.31. The van der Waals surface area contributed by atoms with E-state index in [1.807, 2.05) is 4.90 Å². The fourth-order valence-corrected chi connectivity index (χ4v) is 6.29. The molecule has 2 fully saturated rings. The highest BCUT2D eigenvalue weighted by Gasteiger charge is 2.40. The van der Waals surface area contributed by atoms with Gasteiger partial charge < -0.3 is 9.80 Å². The van der Waals surface area contributed by atoms with Crippen LogP contribution in [0.1, 0.15) is 19.3 Å². The summed E-state index contributed by atoms with van der Waals surface area (Å²) in [5, 5.41) is 11.7. The monoisotopic (exact) mass is 492 g/mol. The van der Waals surface area contributed by atoms with Crippen LogP contribution in [0.3, 0.4) is 0 Å². The predicted octanol–water partition coefficient (Wildman–Crippen LogP) is 3.14. The Hall–Kier alpha value is -2.69. The van der Waals surface area contributed by atoms with Crippen molar-refractivity contribution in [2.24, 2.45) is 0 Å². The standard InChI is InChI=1S/C22H25ClN4O5S/c23-17-9-10-19(21(16-17)27(29)30)24-12-14-25(15-13-24)22(28)20-8-4-5-11-26(20)33(31,32)18-6-2-1-3-7-18/h1-3,6-7,9-10,16,20H,4-5,8,11-15H2. The Labute approximate surface area is 197 Å². The van der Waals surface area contributed by atoms with Crippen LogP contribution < -0.4 is 4.90 Å². The summed E-state index contributed by atoms with van der Waals surface area (Å²) in [4.78, 5) is 28.1. The lowest BCUT2D eigenvalue weighted by Gasteiger charge is -2.40. The molecular formula is C22H25ClN4O5S. The number of hydrogen-bond donors (Lipinski definition) is 0. The summed E-state index contributed by atoms with van der Waals surface area (Å²) in [7, 11) is -3.78. The van der Waals surface area contributed by atoms with Gasteiger partial charge in [0.15, 0.2) is 0 Å². The zero-order valence-corrected chi connectivity index (χ0v) is 19.5. The van der Waals surface area contributed by atoms with Gasteiger partial charge in [-0.3, -0.25) is 14.9 Å². The van der Waals surface area contributed by atoms with Gasteiger partial charge in [-0.1, -0.05) is 36.2 Å². The number of halogens is 1. The Morgan fingerprint density at radius 1 is 1.00 bits per heavy atom. The Morgan fingerprint density at radius 2 is 1.70 bits per heavy atom. The van der Waals surface area contributed by atoms with E-state index in [0.717, 1.165) is 6.42 Å². The van der Waals surface area contributed by atoms with E-state index >= 15 is 0 Å². The van der Waals surface area contributed by atoms with Gasteiger partial charge in [0.2, 0.25) is 15.9 Å². The molecule has 2 heterocycles. The number of hydrogen-bond acceptors (Lipinski definition) is 6. The maximum Gasteiger partial charge on any atom is 0.294 e. The van der Waals surface area contributed by atoms with Gasteiger partial charge in [0, 0.05) is 43.8 Å². The molecule has 2 aliphatic rings. The maximum atomic E-state index is 13.4. The molecule has 0 saturated carbocycles. The molecule has 33 heavy (non-hydrogen) atoms. The van der Waals surface area contributed by atoms with Crippen LogP contribution >= 0.6 is 11.6 Å². The van der Waals surface area contributed by atoms with Gasteiger partial charge in [-0.2, -0.15) is 4.31 Å². The van der Waals surface area contributed by atoms with Gasteiger partial charge in [-0.25, -0.2) is 8.42 Å². The first-order chi connectivity index (χ1) is 15.8. The zero-order valence-electron chi connectivity index (χ0n) is 18.0. The van der Waals surface area contributed by atoms with Gasteiger partial charge >= 0.3 is 0 Å². The van der Waals surface area contributed by atoms with Crippen LogP contribution in [-0.2, 0) is 14.8 Å². The van der Waals surface area contributed by atoms with E-state index in [9.17, 15) is 23.3 Å². The molecular weight excluding hydrogens is 468 g/mol. The summed E-state index contributed by atoms with van der Waals surface area (Å²) < 4.78 is 27.8. The van der Waals surface area contributed by atoms with Gasteiger partial charge in [-0.15, -0.1) is 0 Å². The third-order valence-electron chi connectivity index (χ3n) is 6.15. The number of anilines is 1. The van der Waals surface area contributed by atoms with E-state index in [4.69, 9.17) is 11.6 Å². The summed E-state index contributed by atoms with van der Waals surface area (Å²) in [5.41, 5.74) is 0.386. The molecule has 2 aromatic rings. The number of nitro groups is 1. The topological polar surface area (TPSA) is 104 Å². The molecule has 2 saturated heterocycles. The van der Waals surface area contributed by atoms with E-state index in [0.29, 0.717) is 51.3 Å². The summed E-state index contributed by atoms with van der Waals surface area (Å²) in [6, 6.07) is 12.0. The van der Waals surface area contributed by atoms with Crippen LogP contribution in [0.15, 0.2) is 53.4 Å². The second-order valence-electron chi connectivity index (χ2n) is 8.14. The van der Waals surface area contributed by atoms with Crippen LogP contribution in [-0.4, -0.2) is 67.2 Å². The van der Waals surface area contributed by atoms with Gasteiger partial charge in [-0.05, 0) is 37.1 Å². The summed E-state index contributed by atoms with van der Waals surface area (Å²) >= 11 is 5.92. The predicted molar refractivity (Wildman–Crippen MR) is 125 cm³/mol. The number of amides is 1. The number of nitro benzene ring substituents is 1. The number of piperazine rings is 1. The molecule has 0 aliphatic carbocycles. The second-order valence-corrected chi connectivity index (χ2v) is 10.5. The highest BCUT2D eigenvalue weighted by molar-refractivity contribution is 7.89. The van der Waals surface area contributed by atoms with Crippen molar-refractivity contribution in [3.8, 4) is 0 Å². The quantitative estimate of drug-likeness (QED) is 0.469. The molecule has 0 N–H and O–H groups in total. The lowest BCUT2D eigenvalue weighted by atomic mass is 10.0. The molecule has 0 radical (unpaired) electrons. The van der Waals surface area contributed by atoms with Crippen LogP contribution in [0.4, 0.5) is 11.4 Å². The van der Waals surface area contributed by atoms with Crippen molar-refractivity contribution < 1.29 is 18.1 Å². The van der Waals surface area contributed by atoms with Gasteiger partial charge in [0.25, 0.3) is 5.69 Å². The summed E-state index contributed by atoms with van der Waals surface area (Å²) in [6.45, 7) is 1.84. The van der Waals surface area contributed by atoms with E-state index in [2.05, 4.69) is 0 Å². The molecule has 0 bridgehead atoms. The third kappa shape index (κ3) is 4.83. The van der Waals surface area contributed by atoms with Gasteiger partial charge in [0.05, 0.1) is 9.82 Å². The molecule has 1 unspecified atom stereocenters.